The van der Waals surface area contributed by atoms with E-state index in [9.17, 15) is 4.79 Å². The van der Waals surface area contributed by atoms with Crippen LogP contribution in [0.4, 0.5) is 5.82 Å². The SMILES string of the molecule is CC(C)(C)c1cc(NC(=O)COc2ccccc2C#N)n(-c2ccccc2)n1. The van der Waals surface area contributed by atoms with Crippen LogP contribution in [-0.4, -0.2) is 22.3 Å². The van der Waals surface area contributed by atoms with Crippen molar-refractivity contribution in [1.29, 1.82) is 5.26 Å². The lowest BCUT2D eigenvalue weighted by molar-refractivity contribution is -0.118. The van der Waals surface area contributed by atoms with Gasteiger partial charge in [0.05, 0.1) is 16.9 Å². The van der Waals surface area contributed by atoms with E-state index in [0.717, 1.165) is 11.4 Å². The summed E-state index contributed by atoms with van der Waals surface area (Å²) in [6, 6.07) is 20.3. The van der Waals surface area contributed by atoms with Gasteiger partial charge in [-0.2, -0.15) is 10.4 Å². The van der Waals surface area contributed by atoms with Crippen LogP contribution in [0.5, 0.6) is 5.75 Å². The zero-order valence-corrected chi connectivity index (χ0v) is 16.1. The molecule has 1 aromatic heterocycles. The average Bonchev–Trinajstić information content (AvgIpc) is 3.11. The number of nitrogens with one attached hydrogen (secondary N) is 1. The van der Waals surface area contributed by atoms with Crippen molar-refractivity contribution in [3.63, 3.8) is 0 Å². The Morgan fingerprint density at radius 2 is 1.82 bits per heavy atom. The van der Waals surface area contributed by atoms with Crippen molar-refractivity contribution in [2.75, 3.05) is 11.9 Å². The molecule has 0 fully saturated rings. The van der Waals surface area contributed by atoms with Gasteiger partial charge in [0.25, 0.3) is 5.91 Å². The molecule has 0 atom stereocenters. The van der Waals surface area contributed by atoms with E-state index >= 15 is 0 Å². The molecule has 1 amide bonds. The van der Waals surface area contributed by atoms with Gasteiger partial charge in [0.15, 0.2) is 6.61 Å². The zero-order chi connectivity index (χ0) is 20.1. The van der Waals surface area contributed by atoms with E-state index < -0.39 is 0 Å². The predicted octanol–water partition coefficient (Wildman–Crippen LogP) is 4.06. The number of carbonyl (C=O) groups is 1. The van der Waals surface area contributed by atoms with Crippen LogP contribution in [0.25, 0.3) is 5.69 Å². The molecule has 0 saturated carbocycles. The molecule has 3 aromatic rings. The molecule has 0 spiro atoms. The molecule has 0 radical (unpaired) electrons. The lowest BCUT2D eigenvalue weighted by atomic mass is 9.92. The number of benzene rings is 2. The number of hydrogen-bond acceptors (Lipinski definition) is 4. The molecule has 142 valence electrons. The zero-order valence-electron chi connectivity index (χ0n) is 16.1. The molecular weight excluding hydrogens is 352 g/mol. The number of rotatable bonds is 5. The van der Waals surface area contributed by atoms with Crippen molar-refractivity contribution in [2.45, 2.75) is 26.2 Å². The number of amides is 1. The summed E-state index contributed by atoms with van der Waals surface area (Å²) < 4.78 is 7.23. The Kier molecular flexibility index (Phi) is 5.46. The molecule has 0 aliphatic heterocycles. The summed E-state index contributed by atoms with van der Waals surface area (Å²) in [6.45, 7) is 6.00. The molecule has 3 rings (SSSR count). The van der Waals surface area contributed by atoms with Gasteiger partial charge >= 0.3 is 0 Å². The molecule has 6 nitrogen and oxygen atoms in total. The van der Waals surface area contributed by atoms with Gasteiger partial charge in [0.1, 0.15) is 17.6 Å². The molecule has 6 heteroatoms. The van der Waals surface area contributed by atoms with Crippen molar-refractivity contribution >= 4 is 11.7 Å². The Morgan fingerprint density at radius 3 is 2.50 bits per heavy atom. The summed E-state index contributed by atoms with van der Waals surface area (Å²) in [5, 5.41) is 16.6. The third kappa shape index (κ3) is 4.38. The highest BCUT2D eigenvalue weighted by molar-refractivity contribution is 5.91. The van der Waals surface area contributed by atoms with E-state index in [1.165, 1.54) is 0 Å². The first kappa shape index (κ1) is 19.2. The van der Waals surface area contributed by atoms with E-state index in [4.69, 9.17) is 10.00 Å². The molecule has 0 bridgehead atoms. The van der Waals surface area contributed by atoms with Gasteiger partial charge in [-0.1, -0.05) is 51.1 Å². The molecule has 1 N–H and O–H groups in total. The summed E-state index contributed by atoms with van der Waals surface area (Å²) in [7, 11) is 0. The number of nitrogens with zero attached hydrogens (tertiary/aromatic N) is 3. The third-order valence-electron chi connectivity index (χ3n) is 4.11. The summed E-state index contributed by atoms with van der Waals surface area (Å²) in [5.74, 6) is 0.621. The lowest BCUT2D eigenvalue weighted by Gasteiger charge is -2.14. The first-order valence-corrected chi connectivity index (χ1v) is 8.96. The second-order valence-electron chi connectivity index (χ2n) is 7.36. The topological polar surface area (TPSA) is 79.9 Å². The highest BCUT2D eigenvalue weighted by Gasteiger charge is 2.21. The maximum absolute atomic E-state index is 12.5. The van der Waals surface area contributed by atoms with Gasteiger partial charge in [-0.05, 0) is 24.3 Å². The average molecular weight is 374 g/mol. The minimum Gasteiger partial charge on any atom is -0.482 e. The van der Waals surface area contributed by atoms with E-state index in [-0.39, 0.29) is 17.9 Å². The summed E-state index contributed by atoms with van der Waals surface area (Å²) in [5.41, 5.74) is 1.94. The maximum Gasteiger partial charge on any atom is 0.263 e. The van der Waals surface area contributed by atoms with Gasteiger partial charge < -0.3 is 10.1 Å². The molecular formula is C22H22N4O2. The van der Waals surface area contributed by atoms with E-state index in [1.54, 1.807) is 28.9 Å². The van der Waals surface area contributed by atoms with Crippen molar-refractivity contribution in [1.82, 2.24) is 9.78 Å². The normalized spacial score (nSPS) is 10.9. The first-order chi connectivity index (χ1) is 13.4. The van der Waals surface area contributed by atoms with Crippen LogP contribution < -0.4 is 10.1 Å². The maximum atomic E-state index is 12.5. The van der Waals surface area contributed by atoms with Crippen molar-refractivity contribution in [2.24, 2.45) is 0 Å². The van der Waals surface area contributed by atoms with E-state index in [0.29, 0.717) is 17.1 Å². The highest BCUT2D eigenvalue weighted by atomic mass is 16.5. The Balaban J connectivity index is 1.80. The van der Waals surface area contributed by atoms with Crippen molar-refractivity contribution in [3.05, 3.63) is 71.9 Å². The van der Waals surface area contributed by atoms with Gasteiger partial charge in [-0.25, -0.2) is 4.68 Å². The minimum absolute atomic E-state index is 0.165. The minimum atomic E-state index is -0.328. The Labute approximate surface area is 164 Å². The Morgan fingerprint density at radius 1 is 1.14 bits per heavy atom. The lowest BCUT2D eigenvalue weighted by Crippen LogP contribution is -2.22. The van der Waals surface area contributed by atoms with Crippen molar-refractivity contribution in [3.8, 4) is 17.5 Å². The number of para-hydroxylation sites is 2. The largest absolute Gasteiger partial charge is 0.482 e. The molecule has 28 heavy (non-hydrogen) atoms. The monoisotopic (exact) mass is 374 g/mol. The molecule has 0 aliphatic carbocycles. The number of hydrogen-bond donors (Lipinski definition) is 1. The van der Waals surface area contributed by atoms with Crippen molar-refractivity contribution < 1.29 is 9.53 Å². The fourth-order valence-electron chi connectivity index (χ4n) is 2.61. The number of nitriles is 1. The van der Waals surface area contributed by atoms with Gasteiger partial charge in [-0.3, -0.25) is 4.79 Å². The third-order valence-corrected chi connectivity index (χ3v) is 4.11. The van der Waals surface area contributed by atoms with Crippen LogP contribution in [0.1, 0.15) is 32.0 Å². The van der Waals surface area contributed by atoms with Crippen LogP contribution in [0, 0.1) is 11.3 Å². The fourth-order valence-corrected chi connectivity index (χ4v) is 2.61. The van der Waals surface area contributed by atoms with Crippen LogP contribution in [0.2, 0.25) is 0 Å². The highest BCUT2D eigenvalue weighted by Crippen LogP contribution is 2.26. The molecule has 1 heterocycles. The molecule has 0 aliphatic rings. The van der Waals surface area contributed by atoms with Crippen LogP contribution in [-0.2, 0) is 10.2 Å². The Hall–Kier alpha value is -3.59. The van der Waals surface area contributed by atoms with E-state index in [2.05, 4.69) is 31.2 Å². The number of ether oxygens (including phenoxy) is 1. The van der Waals surface area contributed by atoms with Crippen LogP contribution >= 0.6 is 0 Å². The molecule has 0 unspecified atom stereocenters. The standard InChI is InChI=1S/C22H22N4O2/c1-22(2,3)19-13-20(26(25-19)17-10-5-4-6-11-17)24-21(27)15-28-18-12-8-7-9-16(18)14-23/h4-13H,15H2,1-3H3,(H,24,27). The molecule has 2 aromatic carbocycles. The van der Waals surface area contributed by atoms with Gasteiger partial charge in [0, 0.05) is 11.5 Å². The smallest absolute Gasteiger partial charge is 0.263 e. The number of carbonyl (C=O) groups excluding carboxylic acids is 1. The van der Waals surface area contributed by atoms with Gasteiger partial charge in [-0.15, -0.1) is 0 Å². The number of anilines is 1. The van der Waals surface area contributed by atoms with Gasteiger partial charge in [0.2, 0.25) is 0 Å². The fraction of sp³-hybridized carbons (Fsp3) is 0.227. The Bertz CT molecular complexity index is 1010. The summed E-state index contributed by atoms with van der Waals surface area (Å²) >= 11 is 0. The quantitative estimate of drug-likeness (QED) is 0.730. The first-order valence-electron chi connectivity index (χ1n) is 8.96. The summed E-state index contributed by atoms with van der Waals surface area (Å²) in [4.78, 5) is 12.5. The van der Waals surface area contributed by atoms with Crippen LogP contribution in [0.15, 0.2) is 60.7 Å². The summed E-state index contributed by atoms with van der Waals surface area (Å²) in [6.07, 6.45) is 0. The second-order valence-corrected chi connectivity index (χ2v) is 7.36. The molecule has 0 saturated heterocycles. The predicted molar refractivity (Wildman–Crippen MR) is 108 cm³/mol. The van der Waals surface area contributed by atoms with Crippen LogP contribution in [0.3, 0.4) is 0 Å². The van der Waals surface area contributed by atoms with E-state index in [1.807, 2.05) is 42.5 Å². The second kappa shape index (κ2) is 7.97. The number of aromatic nitrogens is 2.